The molecule has 2 aromatic rings. The van der Waals surface area contributed by atoms with Crippen LogP contribution in [0.15, 0.2) is 24.3 Å². The van der Waals surface area contributed by atoms with Gasteiger partial charge in [0.2, 0.25) is 0 Å². The van der Waals surface area contributed by atoms with Crippen LogP contribution in [0.4, 0.5) is 5.69 Å². The standard InChI is InChI=1S/C18H21Cl2N3O2/c1-18(21)5-7-23(8-6-18)14-9-15(25)17(22-13(14)10-24)11-3-2-4-12(19)16(11)20/h2-4,9,24-25H,5-8,10,21H2,1H3. The van der Waals surface area contributed by atoms with Crippen LogP contribution in [0.3, 0.4) is 0 Å². The maximum atomic E-state index is 10.5. The fourth-order valence-corrected chi connectivity index (χ4v) is 3.45. The Kier molecular flexibility index (Phi) is 5.11. The number of aliphatic hydroxyl groups is 1. The number of aliphatic hydroxyl groups excluding tert-OH is 1. The van der Waals surface area contributed by atoms with Crippen LogP contribution in [0.1, 0.15) is 25.5 Å². The topological polar surface area (TPSA) is 82.6 Å². The maximum Gasteiger partial charge on any atom is 0.144 e. The highest BCUT2D eigenvalue weighted by Gasteiger charge is 2.28. The predicted molar refractivity (Wildman–Crippen MR) is 101 cm³/mol. The number of nitrogens with zero attached hydrogens (tertiary/aromatic N) is 2. The van der Waals surface area contributed by atoms with Gasteiger partial charge in [-0.3, -0.25) is 0 Å². The molecular formula is C18H21Cl2N3O2. The molecule has 1 aliphatic rings. The molecule has 0 spiro atoms. The summed E-state index contributed by atoms with van der Waals surface area (Å²) in [5.41, 5.74) is 8.05. The molecule has 0 atom stereocenters. The number of hydrogen-bond acceptors (Lipinski definition) is 5. The van der Waals surface area contributed by atoms with Crippen LogP contribution in [0.25, 0.3) is 11.3 Å². The summed E-state index contributed by atoms with van der Waals surface area (Å²) in [5, 5.41) is 21.0. The van der Waals surface area contributed by atoms with Crippen LogP contribution in [0, 0.1) is 0 Å². The zero-order chi connectivity index (χ0) is 18.2. The van der Waals surface area contributed by atoms with Gasteiger partial charge < -0.3 is 20.8 Å². The molecule has 7 heteroatoms. The van der Waals surface area contributed by atoms with Gasteiger partial charge in [-0.05, 0) is 25.8 Å². The van der Waals surface area contributed by atoms with E-state index in [1.54, 1.807) is 24.3 Å². The first-order valence-electron chi connectivity index (χ1n) is 8.14. The Morgan fingerprint density at radius 1 is 1.28 bits per heavy atom. The van der Waals surface area contributed by atoms with E-state index in [-0.39, 0.29) is 17.9 Å². The van der Waals surface area contributed by atoms with E-state index in [1.165, 1.54) is 0 Å². The summed E-state index contributed by atoms with van der Waals surface area (Å²) in [5.74, 6) is -0.00236. The zero-order valence-corrected chi connectivity index (χ0v) is 15.5. The highest BCUT2D eigenvalue weighted by atomic mass is 35.5. The van der Waals surface area contributed by atoms with Crippen LogP contribution in [-0.4, -0.2) is 33.8 Å². The molecular weight excluding hydrogens is 361 g/mol. The highest BCUT2D eigenvalue weighted by molar-refractivity contribution is 6.43. The van der Waals surface area contributed by atoms with E-state index in [2.05, 4.69) is 9.88 Å². The lowest BCUT2D eigenvalue weighted by atomic mass is 9.90. The first-order valence-corrected chi connectivity index (χ1v) is 8.90. The smallest absolute Gasteiger partial charge is 0.144 e. The van der Waals surface area contributed by atoms with Crippen molar-refractivity contribution in [1.82, 2.24) is 4.98 Å². The number of anilines is 1. The maximum absolute atomic E-state index is 10.5. The summed E-state index contributed by atoms with van der Waals surface area (Å²) in [6, 6.07) is 6.77. The summed E-state index contributed by atoms with van der Waals surface area (Å²) >= 11 is 12.3. The minimum Gasteiger partial charge on any atom is -0.506 e. The average molecular weight is 382 g/mol. The molecule has 1 aliphatic heterocycles. The van der Waals surface area contributed by atoms with E-state index in [0.29, 0.717) is 27.0 Å². The quantitative estimate of drug-likeness (QED) is 0.756. The SMILES string of the molecule is CC1(N)CCN(c2cc(O)c(-c3cccc(Cl)c3Cl)nc2CO)CC1. The molecule has 1 aromatic heterocycles. The van der Waals surface area contributed by atoms with E-state index in [9.17, 15) is 10.2 Å². The monoisotopic (exact) mass is 381 g/mol. The van der Waals surface area contributed by atoms with Gasteiger partial charge in [-0.15, -0.1) is 0 Å². The first kappa shape index (κ1) is 18.3. The van der Waals surface area contributed by atoms with Crippen LogP contribution >= 0.6 is 23.2 Å². The molecule has 1 aromatic carbocycles. The normalized spacial score (nSPS) is 16.9. The Balaban J connectivity index is 2.01. The second kappa shape index (κ2) is 7.00. The largest absolute Gasteiger partial charge is 0.506 e. The van der Waals surface area contributed by atoms with Gasteiger partial charge in [-0.2, -0.15) is 0 Å². The molecule has 0 saturated carbocycles. The molecule has 0 aliphatic carbocycles. The molecule has 0 bridgehead atoms. The number of nitrogens with two attached hydrogens (primary N) is 1. The average Bonchev–Trinajstić information content (AvgIpc) is 2.57. The number of rotatable bonds is 3. The van der Waals surface area contributed by atoms with Gasteiger partial charge in [-0.25, -0.2) is 4.98 Å². The Morgan fingerprint density at radius 3 is 2.60 bits per heavy atom. The van der Waals surface area contributed by atoms with Crippen LogP contribution in [0.2, 0.25) is 10.0 Å². The Morgan fingerprint density at radius 2 is 1.96 bits per heavy atom. The lowest BCUT2D eigenvalue weighted by molar-refractivity contribution is 0.276. The van der Waals surface area contributed by atoms with Gasteiger partial charge in [0, 0.05) is 30.3 Å². The molecule has 2 heterocycles. The van der Waals surface area contributed by atoms with Crippen molar-refractivity contribution in [1.29, 1.82) is 0 Å². The van der Waals surface area contributed by atoms with Crippen LogP contribution < -0.4 is 10.6 Å². The number of benzene rings is 1. The summed E-state index contributed by atoms with van der Waals surface area (Å²) in [6.07, 6.45) is 1.67. The van der Waals surface area contributed by atoms with Gasteiger partial charge >= 0.3 is 0 Å². The summed E-state index contributed by atoms with van der Waals surface area (Å²) in [4.78, 5) is 6.55. The molecule has 3 rings (SSSR count). The van der Waals surface area contributed by atoms with Gasteiger partial charge in [0.05, 0.1) is 28.0 Å². The van der Waals surface area contributed by atoms with Crippen molar-refractivity contribution in [3.05, 3.63) is 40.0 Å². The number of hydrogen-bond donors (Lipinski definition) is 3. The second-order valence-electron chi connectivity index (χ2n) is 6.72. The van der Waals surface area contributed by atoms with Crippen molar-refractivity contribution in [2.45, 2.75) is 31.9 Å². The van der Waals surface area contributed by atoms with Crippen molar-refractivity contribution in [3.63, 3.8) is 0 Å². The number of aromatic hydroxyl groups is 1. The molecule has 0 unspecified atom stereocenters. The highest BCUT2D eigenvalue weighted by Crippen LogP contribution is 2.39. The third-order valence-electron chi connectivity index (χ3n) is 4.66. The molecule has 134 valence electrons. The second-order valence-corrected chi connectivity index (χ2v) is 7.51. The number of halogens is 2. The third kappa shape index (κ3) is 3.70. The van der Waals surface area contributed by atoms with Gasteiger partial charge in [-0.1, -0.05) is 35.3 Å². The van der Waals surface area contributed by atoms with Gasteiger partial charge in [0.1, 0.15) is 11.4 Å². The minimum atomic E-state index is -0.239. The zero-order valence-electron chi connectivity index (χ0n) is 14.0. The van der Waals surface area contributed by atoms with Crippen molar-refractivity contribution in [3.8, 4) is 17.0 Å². The van der Waals surface area contributed by atoms with Crippen molar-refractivity contribution in [2.24, 2.45) is 5.73 Å². The number of pyridine rings is 1. The molecule has 0 amide bonds. The van der Waals surface area contributed by atoms with Gasteiger partial charge in [0.25, 0.3) is 0 Å². The lowest BCUT2D eigenvalue weighted by Gasteiger charge is -2.38. The number of piperidine rings is 1. The van der Waals surface area contributed by atoms with E-state index >= 15 is 0 Å². The Hall–Kier alpha value is -1.53. The molecule has 4 N–H and O–H groups in total. The predicted octanol–water partition coefficient (Wildman–Crippen LogP) is 3.57. The summed E-state index contributed by atoms with van der Waals surface area (Å²) in [6.45, 7) is 3.30. The van der Waals surface area contributed by atoms with Gasteiger partial charge in [0.15, 0.2) is 0 Å². The molecule has 1 saturated heterocycles. The Bertz CT molecular complexity index is 786. The van der Waals surface area contributed by atoms with Crippen LogP contribution in [0.5, 0.6) is 5.75 Å². The number of aromatic nitrogens is 1. The minimum absolute atomic E-state index is 0.00236. The third-order valence-corrected chi connectivity index (χ3v) is 5.48. The van der Waals surface area contributed by atoms with E-state index in [0.717, 1.165) is 31.6 Å². The summed E-state index contributed by atoms with van der Waals surface area (Å²) in [7, 11) is 0. The molecule has 1 fully saturated rings. The molecule has 0 radical (unpaired) electrons. The van der Waals surface area contributed by atoms with Crippen molar-refractivity contribution in [2.75, 3.05) is 18.0 Å². The fourth-order valence-electron chi connectivity index (χ4n) is 3.06. The van der Waals surface area contributed by atoms with E-state index < -0.39 is 0 Å². The lowest BCUT2D eigenvalue weighted by Crippen LogP contribution is -2.48. The first-order chi connectivity index (χ1) is 11.8. The molecule has 5 nitrogen and oxygen atoms in total. The van der Waals surface area contributed by atoms with E-state index in [1.807, 2.05) is 6.92 Å². The van der Waals surface area contributed by atoms with Crippen LogP contribution in [-0.2, 0) is 6.61 Å². The van der Waals surface area contributed by atoms with Crippen molar-refractivity contribution < 1.29 is 10.2 Å². The Labute approximate surface area is 157 Å². The summed E-state index contributed by atoms with van der Waals surface area (Å²) < 4.78 is 0. The van der Waals surface area contributed by atoms with E-state index in [4.69, 9.17) is 28.9 Å². The molecule has 25 heavy (non-hydrogen) atoms. The van der Waals surface area contributed by atoms with Crippen molar-refractivity contribution >= 4 is 28.9 Å². The fraction of sp³-hybridized carbons (Fsp3) is 0.389.